The minimum absolute atomic E-state index is 0.0638. The maximum absolute atomic E-state index is 12.9. The Morgan fingerprint density at radius 1 is 1.39 bits per heavy atom. The van der Waals surface area contributed by atoms with E-state index in [4.69, 9.17) is 29.6 Å². The molecule has 1 heterocycles. The summed E-state index contributed by atoms with van der Waals surface area (Å²) in [5.74, 6) is -0.196. The molecule has 2 rings (SSSR count). The lowest BCUT2D eigenvalue weighted by atomic mass is 10.1. The predicted octanol–water partition coefficient (Wildman–Crippen LogP) is 3.18. The Morgan fingerprint density at radius 2 is 2.06 bits per heavy atom. The van der Waals surface area contributed by atoms with Gasteiger partial charge >= 0.3 is 6.18 Å². The molecule has 0 amide bonds. The number of hydrogen-bond acceptors (Lipinski definition) is 3. The van der Waals surface area contributed by atoms with Gasteiger partial charge in [-0.3, -0.25) is 4.57 Å². The topological polar surface area (TPSA) is 59.6 Å². The van der Waals surface area contributed by atoms with E-state index < -0.39 is 11.7 Å². The number of alkyl halides is 3. The third kappa shape index (κ3) is 2.08. The van der Waals surface area contributed by atoms with Crippen LogP contribution in [-0.2, 0) is 6.18 Å². The molecular formula is C9H6ClF3N4S. The van der Waals surface area contributed by atoms with Crippen molar-refractivity contribution in [3.8, 4) is 5.69 Å². The Bertz CT molecular complexity index is 646. The molecule has 0 aliphatic heterocycles. The number of hydrogen-bond donors (Lipinski definition) is 2. The first-order chi connectivity index (χ1) is 8.32. The lowest BCUT2D eigenvalue weighted by Gasteiger charge is -2.15. The van der Waals surface area contributed by atoms with E-state index in [1.165, 1.54) is 12.1 Å². The van der Waals surface area contributed by atoms with Crippen LogP contribution in [0.4, 0.5) is 19.1 Å². The molecule has 0 unspecified atom stereocenters. The number of H-pyrrole nitrogens is 1. The summed E-state index contributed by atoms with van der Waals surface area (Å²) in [4.78, 5) is 0. The summed E-state index contributed by atoms with van der Waals surface area (Å²) in [5.41, 5.74) is 4.22. The summed E-state index contributed by atoms with van der Waals surface area (Å²) < 4.78 is 39.6. The lowest BCUT2D eigenvalue weighted by Crippen LogP contribution is -2.12. The average Bonchev–Trinajstić information content (AvgIpc) is 2.58. The van der Waals surface area contributed by atoms with Gasteiger partial charge in [-0.25, -0.2) is 5.10 Å². The number of aromatic amines is 1. The number of para-hydroxylation sites is 1. The number of aromatic nitrogens is 3. The Morgan fingerprint density at radius 3 is 2.56 bits per heavy atom. The molecule has 0 bridgehead atoms. The second-order valence-electron chi connectivity index (χ2n) is 3.36. The van der Waals surface area contributed by atoms with Gasteiger partial charge in [0.15, 0.2) is 0 Å². The summed E-state index contributed by atoms with van der Waals surface area (Å²) in [6.07, 6.45) is -4.57. The molecule has 0 fully saturated rings. The number of halogens is 4. The van der Waals surface area contributed by atoms with Crippen LogP contribution >= 0.6 is 23.8 Å². The fourth-order valence-corrected chi connectivity index (χ4v) is 1.99. The monoisotopic (exact) mass is 294 g/mol. The highest BCUT2D eigenvalue weighted by molar-refractivity contribution is 7.71. The van der Waals surface area contributed by atoms with E-state index in [1.807, 2.05) is 0 Å². The zero-order valence-corrected chi connectivity index (χ0v) is 10.2. The smallest absolute Gasteiger partial charge is 0.368 e. The van der Waals surface area contributed by atoms with Crippen LogP contribution in [0.25, 0.3) is 5.69 Å². The number of nitrogens with zero attached hydrogens (tertiary/aromatic N) is 2. The minimum Gasteiger partial charge on any atom is -0.368 e. The third-order valence-corrected chi connectivity index (χ3v) is 2.79. The van der Waals surface area contributed by atoms with Crippen LogP contribution < -0.4 is 5.73 Å². The van der Waals surface area contributed by atoms with Crippen LogP contribution in [-0.4, -0.2) is 14.8 Å². The summed E-state index contributed by atoms with van der Waals surface area (Å²) >= 11 is 10.6. The van der Waals surface area contributed by atoms with Crippen molar-refractivity contribution in [3.63, 3.8) is 0 Å². The van der Waals surface area contributed by atoms with Crippen molar-refractivity contribution in [2.24, 2.45) is 0 Å². The molecule has 96 valence electrons. The van der Waals surface area contributed by atoms with Crippen molar-refractivity contribution in [3.05, 3.63) is 33.6 Å². The van der Waals surface area contributed by atoms with Crippen molar-refractivity contribution in [2.75, 3.05) is 5.73 Å². The maximum Gasteiger partial charge on any atom is 0.418 e. The molecule has 4 nitrogen and oxygen atoms in total. The number of nitrogen functional groups attached to an aromatic ring is 1. The molecule has 0 radical (unpaired) electrons. The Kier molecular flexibility index (Phi) is 3.07. The van der Waals surface area contributed by atoms with E-state index in [0.29, 0.717) is 0 Å². The van der Waals surface area contributed by atoms with Gasteiger partial charge in [-0.2, -0.15) is 13.2 Å². The number of nitrogens with one attached hydrogen (secondary N) is 1. The van der Waals surface area contributed by atoms with Crippen LogP contribution in [0.5, 0.6) is 0 Å². The van der Waals surface area contributed by atoms with Gasteiger partial charge in [0.25, 0.3) is 0 Å². The number of benzene rings is 1. The molecule has 0 spiro atoms. The van der Waals surface area contributed by atoms with Gasteiger partial charge in [0.05, 0.1) is 16.3 Å². The molecule has 1 aromatic heterocycles. The summed E-state index contributed by atoms with van der Waals surface area (Å²) in [6.45, 7) is 0. The number of nitrogens with two attached hydrogens (primary N) is 1. The van der Waals surface area contributed by atoms with Crippen LogP contribution in [0.15, 0.2) is 18.2 Å². The van der Waals surface area contributed by atoms with Gasteiger partial charge in [0.2, 0.25) is 10.7 Å². The fourth-order valence-electron chi connectivity index (χ4n) is 1.50. The summed E-state index contributed by atoms with van der Waals surface area (Å²) in [6, 6.07) is 3.42. The lowest BCUT2D eigenvalue weighted by molar-refractivity contribution is -0.137. The summed E-state index contributed by atoms with van der Waals surface area (Å²) in [5, 5.41) is 5.74. The molecule has 0 aliphatic rings. The van der Waals surface area contributed by atoms with Gasteiger partial charge < -0.3 is 5.73 Å². The maximum atomic E-state index is 12.9. The molecule has 2 aromatic rings. The molecular weight excluding hydrogens is 289 g/mol. The first-order valence-electron chi connectivity index (χ1n) is 4.61. The van der Waals surface area contributed by atoms with Gasteiger partial charge in [-0.15, -0.1) is 5.10 Å². The van der Waals surface area contributed by atoms with Gasteiger partial charge in [-0.05, 0) is 24.4 Å². The fraction of sp³-hybridized carbons (Fsp3) is 0.111. The van der Waals surface area contributed by atoms with Gasteiger partial charge in [0.1, 0.15) is 0 Å². The highest BCUT2D eigenvalue weighted by atomic mass is 35.5. The zero-order valence-electron chi connectivity index (χ0n) is 8.62. The Hall–Kier alpha value is -1.54. The molecule has 3 N–H and O–H groups in total. The second-order valence-corrected chi connectivity index (χ2v) is 4.15. The van der Waals surface area contributed by atoms with Crippen LogP contribution in [0.2, 0.25) is 5.02 Å². The van der Waals surface area contributed by atoms with E-state index >= 15 is 0 Å². The van der Waals surface area contributed by atoms with Crippen molar-refractivity contribution in [2.45, 2.75) is 6.18 Å². The molecule has 0 saturated carbocycles. The van der Waals surface area contributed by atoms with Crippen molar-refractivity contribution < 1.29 is 13.2 Å². The standard InChI is InChI=1S/C9H6ClF3N4S/c10-5-3-1-2-4(9(11,12)13)6(5)17-7(14)15-16-8(17)18/h1-3H,(H2,14,15)(H,16,18). The van der Waals surface area contributed by atoms with E-state index in [9.17, 15) is 13.2 Å². The second kappa shape index (κ2) is 4.29. The summed E-state index contributed by atoms with van der Waals surface area (Å²) in [7, 11) is 0. The van der Waals surface area contributed by atoms with E-state index in [2.05, 4.69) is 10.2 Å². The van der Waals surface area contributed by atoms with Gasteiger partial charge in [0, 0.05) is 0 Å². The first-order valence-corrected chi connectivity index (χ1v) is 5.40. The van der Waals surface area contributed by atoms with Crippen molar-refractivity contribution in [1.82, 2.24) is 14.8 Å². The Balaban J connectivity index is 2.83. The SMILES string of the molecule is Nc1n[nH]c(=S)n1-c1c(Cl)cccc1C(F)(F)F. The van der Waals surface area contributed by atoms with Crippen LogP contribution in [0, 0.1) is 4.77 Å². The first kappa shape index (κ1) is 12.9. The van der Waals surface area contributed by atoms with E-state index in [1.54, 1.807) is 0 Å². The highest BCUT2D eigenvalue weighted by Gasteiger charge is 2.35. The number of anilines is 1. The minimum atomic E-state index is -4.57. The molecule has 0 saturated heterocycles. The van der Waals surface area contributed by atoms with Crippen molar-refractivity contribution in [1.29, 1.82) is 0 Å². The molecule has 1 aromatic carbocycles. The number of rotatable bonds is 1. The largest absolute Gasteiger partial charge is 0.418 e. The third-order valence-electron chi connectivity index (χ3n) is 2.21. The molecule has 0 aliphatic carbocycles. The van der Waals surface area contributed by atoms with Crippen LogP contribution in [0.1, 0.15) is 5.56 Å². The quantitative estimate of drug-likeness (QED) is 0.794. The average molecular weight is 295 g/mol. The highest BCUT2D eigenvalue weighted by Crippen LogP contribution is 2.37. The normalized spacial score (nSPS) is 11.8. The van der Waals surface area contributed by atoms with Crippen molar-refractivity contribution >= 4 is 29.8 Å². The van der Waals surface area contributed by atoms with Crippen LogP contribution in [0.3, 0.4) is 0 Å². The van der Waals surface area contributed by atoms with E-state index in [0.717, 1.165) is 10.6 Å². The molecule has 0 atom stereocenters. The molecule has 9 heteroatoms. The van der Waals surface area contributed by atoms with Gasteiger partial charge in [-0.1, -0.05) is 17.7 Å². The van der Waals surface area contributed by atoms with E-state index in [-0.39, 0.29) is 21.4 Å². The predicted molar refractivity (Wildman–Crippen MR) is 63.2 cm³/mol. The zero-order chi connectivity index (χ0) is 13.5. The Labute approximate surface area is 109 Å². The molecule has 18 heavy (non-hydrogen) atoms.